The van der Waals surface area contributed by atoms with E-state index in [1.165, 1.54) is 0 Å². The molecule has 0 atom stereocenters. The van der Waals surface area contributed by atoms with Crippen molar-refractivity contribution in [3.8, 4) is 11.5 Å². The Morgan fingerprint density at radius 1 is 1.10 bits per heavy atom. The zero-order valence-corrected chi connectivity index (χ0v) is 18.3. The number of rotatable bonds is 7. The highest BCUT2D eigenvalue weighted by Crippen LogP contribution is 2.34. The third-order valence-electron chi connectivity index (χ3n) is 5.45. The molecule has 158 valence electrons. The number of fused-ring (bicyclic) bond motifs is 1. The summed E-state index contributed by atoms with van der Waals surface area (Å²) in [6.45, 7) is 1.98. The fourth-order valence-corrected chi connectivity index (χ4v) is 4.26. The van der Waals surface area contributed by atoms with Crippen molar-refractivity contribution in [2.45, 2.75) is 19.8 Å². The first-order chi connectivity index (χ1) is 14.9. The molecule has 31 heavy (non-hydrogen) atoms. The van der Waals surface area contributed by atoms with E-state index in [1.807, 2.05) is 31.2 Å². The molecule has 4 rings (SSSR count). The van der Waals surface area contributed by atoms with Crippen LogP contribution in [0.5, 0.6) is 11.5 Å². The van der Waals surface area contributed by atoms with Gasteiger partial charge in [0.15, 0.2) is 5.78 Å². The molecule has 0 N–H and O–H groups in total. The maximum absolute atomic E-state index is 13.4. The predicted octanol–water partition coefficient (Wildman–Crippen LogP) is 5.49. The number of carbonyl (C=O) groups excluding carboxylic acids is 2. The number of ketones is 2. The molecule has 0 fully saturated rings. The highest BCUT2D eigenvalue weighted by molar-refractivity contribution is 6.39. The van der Waals surface area contributed by atoms with Crippen LogP contribution in [0.15, 0.2) is 65.9 Å². The molecular weight excluding hydrogens is 414 g/mol. The minimum Gasteiger partial charge on any atom is -0.497 e. The first kappa shape index (κ1) is 20.9. The number of carbonyl (C=O) groups is 2. The summed E-state index contributed by atoms with van der Waals surface area (Å²) in [4.78, 5) is 26.6. The van der Waals surface area contributed by atoms with Crippen LogP contribution in [0.2, 0.25) is 5.02 Å². The summed E-state index contributed by atoms with van der Waals surface area (Å²) in [7, 11) is 3.12. The predicted molar refractivity (Wildman–Crippen MR) is 121 cm³/mol. The molecule has 5 nitrogen and oxygen atoms in total. The van der Waals surface area contributed by atoms with Crippen LogP contribution >= 0.6 is 11.6 Å². The number of allylic oxidation sites excluding steroid dienone is 4. The zero-order chi connectivity index (χ0) is 22.1. The highest BCUT2D eigenvalue weighted by Gasteiger charge is 2.28. The standard InChI is InChI=1S/C25H22ClNO4/c1-15-7-8-17(12-15)25(29)24-23(26)22(19-6-4-5-11-27(19)24)20(28)13-16-9-10-18(30-2)14-21(16)31-3/h4-11,14H,12-13H2,1-3H3. The van der Waals surface area contributed by atoms with Crippen LogP contribution < -0.4 is 9.47 Å². The highest BCUT2D eigenvalue weighted by atomic mass is 35.5. The lowest BCUT2D eigenvalue weighted by molar-refractivity contribution is 0.0993. The van der Waals surface area contributed by atoms with Crippen LogP contribution in [-0.4, -0.2) is 30.2 Å². The molecule has 0 spiro atoms. The van der Waals surface area contributed by atoms with Gasteiger partial charge in [0.2, 0.25) is 5.78 Å². The average molecular weight is 436 g/mol. The van der Waals surface area contributed by atoms with Crippen molar-refractivity contribution >= 4 is 28.7 Å². The molecule has 0 aliphatic heterocycles. The molecule has 2 heterocycles. The lowest BCUT2D eigenvalue weighted by Gasteiger charge is -2.10. The SMILES string of the molecule is COc1ccc(CC(=O)c2c(Cl)c(C(=O)C3=CC=C(C)C3)n3ccccc23)c(OC)c1. The molecule has 0 bridgehead atoms. The molecule has 1 aliphatic rings. The van der Waals surface area contributed by atoms with E-state index < -0.39 is 0 Å². The van der Waals surface area contributed by atoms with Gasteiger partial charge >= 0.3 is 0 Å². The Bertz CT molecular complexity index is 1270. The van der Waals surface area contributed by atoms with E-state index >= 15 is 0 Å². The molecule has 3 aromatic rings. The average Bonchev–Trinajstić information content (AvgIpc) is 3.33. The fraction of sp³-hybridized carbons (Fsp3) is 0.200. The number of nitrogens with zero attached hydrogens (tertiary/aromatic N) is 1. The van der Waals surface area contributed by atoms with Crippen molar-refractivity contribution in [2.24, 2.45) is 0 Å². The number of ether oxygens (including phenoxy) is 2. The van der Waals surface area contributed by atoms with Crippen molar-refractivity contribution in [1.29, 1.82) is 0 Å². The number of benzene rings is 1. The van der Waals surface area contributed by atoms with Crippen molar-refractivity contribution < 1.29 is 19.1 Å². The summed E-state index contributed by atoms with van der Waals surface area (Å²) < 4.78 is 12.4. The third kappa shape index (κ3) is 3.77. The van der Waals surface area contributed by atoms with Gasteiger partial charge in [0.25, 0.3) is 0 Å². The monoisotopic (exact) mass is 435 g/mol. The molecular formula is C25H22ClNO4. The van der Waals surface area contributed by atoms with E-state index in [0.29, 0.717) is 45.8 Å². The van der Waals surface area contributed by atoms with Gasteiger partial charge in [0.05, 0.1) is 30.3 Å². The Morgan fingerprint density at radius 3 is 2.58 bits per heavy atom. The second kappa shape index (κ2) is 8.44. The quantitative estimate of drug-likeness (QED) is 0.460. The van der Waals surface area contributed by atoms with Gasteiger partial charge in [-0.2, -0.15) is 0 Å². The lowest BCUT2D eigenvalue weighted by atomic mass is 10.0. The van der Waals surface area contributed by atoms with Crippen molar-refractivity contribution in [3.05, 3.63) is 87.7 Å². The van der Waals surface area contributed by atoms with Crippen LogP contribution in [0.25, 0.3) is 5.52 Å². The van der Waals surface area contributed by atoms with Crippen LogP contribution in [0, 0.1) is 0 Å². The van der Waals surface area contributed by atoms with Crippen molar-refractivity contribution in [2.75, 3.05) is 14.2 Å². The first-order valence-corrected chi connectivity index (χ1v) is 10.3. The lowest BCUT2D eigenvalue weighted by Crippen LogP contribution is -2.07. The van der Waals surface area contributed by atoms with E-state index in [1.54, 1.807) is 49.1 Å². The van der Waals surface area contributed by atoms with E-state index in [-0.39, 0.29) is 23.0 Å². The molecule has 0 unspecified atom stereocenters. The first-order valence-electron chi connectivity index (χ1n) is 9.88. The maximum Gasteiger partial charge on any atom is 0.207 e. The minimum absolute atomic E-state index is 0.0818. The molecule has 0 amide bonds. The Kier molecular flexibility index (Phi) is 5.70. The second-order valence-corrected chi connectivity index (χ2v) is 7.86. The van der Waals surface area contributed by atoms with E-state index in [2.05, 4.69) is 0 Å². The summed E-state index contributed by atoms with van der Waals surface area (Å²) in [5, 5.41) is 0.180. The number of halogens is 1. The van der Waals surface area contributed by atoms with Gasteiger partial charge in [0, 0.05) is 29.8 Å². The molecule has 0 saturated heterocycles. The van der Waals surface area contributed by atoms with Gasteiger partial charge in [-0.1, -0.05) is 41.5 Å². The van der Waals surface area contributed by atoms with E-state index in [0.717, 1.165) is 5.57 Å². The summed E-state index contributed by atoms with van der Waals surface area (Å²) in [6.07, 6.45) is 6.17. The molecule has 1 aromatic carbocycles. The Morgan fingerprint density at radius 2 is 1.90 bits per heavy atom. The summed E-state index contributed by atoms with van der Waals surface area (Å²) in [5.74, 6) is 0.842. The van der Waals surface area contributed by atoms with Gasteiger partial charge in [0.1, 0.15) is 17.2 Å². The largest absolute Gasteiger partial charge is 0.497 e. The van der Waals surface area contributed by atoms with Gasteiger partial charge < -0.3 is 13.9 Å². The zero-order valence-electron chi connectivity index (χ0n) is 17.6. The number of aromatic nitrogens is 1. The molecule has 6 heteroatoms. The third-order valence-corrected chi connectivity index (χ3v) is 5.82. The van der Waals surface area contributed by atoms with Crippen molar-refractivity contribution in [1.82, 2.24) is 4.40 Å². The molecule has 0 radical (unpaired) electrons. The van der Waals surface area contributed by atoms with E-state index in [9.17, 15) is 9.59 Å². The summed E-state index contributed by atoms with van der Waals surface area (Å²) in [6, 6.07) is 10.7. The Hall–Kier alpha value is -3.31. The van der Waals surface area contributed by atoms with Crippen LogP contribution in [0.3, 0.4) is 0 Å². The Balaban J connectivity index is 1.76. The minimum atomic E-state index is -0.189. The topological polar surface area (TPSA) is 57.0 Å². The Labute approximate surface area is 185 Å². The molecule has 0 saturated carbocycles. The van der Waals surface area contributed by atoms with Crippen molar-refractivity contribution in [3.63, 3.8) is 0 Å². The number of Topliss-reactive ketones (excluding diaryl/α,β-unsaturated/α-hetero) is 2. The van der Waals surface area contributed by atoms with Crippen LogP contribution in [-0.2, 0) is 6.42 Å². The van der Waals surface area contributed by atoms with Gasteiger partial charge in [-0.05, 0) is 31.5 Å². The molecule has 2 aromatic heterocycles. The second-order valence-electron chi connectivity index (χ2n) is 7.48. The summed E-state index contributed by atoms with van der Waals surface area (Å²) >= 11 is 6.69. The number of hydrogen-bond acceptors (Lipinski definition) is 4. The molecule has 1 aliphatic carbocycles. The maximum atomic E-state index is 13.4. The number of pyridine rings is 1. The number of hydrogen-bond donors (Lipinski definition) is 0. The van der Waals surface area contributed by atoms with Crippen LogP contribution in [0.4, 0.5) is 0 Å². The van der Waals surface area contributed by atoms with E-state index in [4.69, 9.17) is 21.1 Å². The smallest absolute Gasteiger partial charge is 0.207 e. The van der Waals surface area contributed by atoms with Gasteiger partial charge in [-0.15, -0.1) is 0 Å². The fourth-order valence-electron chi connectivity index (χ4n) is 3.88. The van der Waals surface area contributed by atoms with Gasteiger partial charge in [-0.3, -0.25) is 9.59 Å². The van der Waals surface area contributed by atoms with Gasteiger partial charge in [-0.25, -0.2) is 0 Å². The normalized spacial score (nSPS) is 13.2. The summed E-state index contributed by atoms with van der Waals surface area (Å²) in [5.41, 5.74) is 3.76. The van der Waals surface area contributed by atoms with Crippen LogP contribution in [0.1, 0.15) is 39.8 Å². The number of methoxy groups -OCH3 is 2.